The minimum Gasteiger partial charge on any atom is -0.392 e. The van der Waals surface area contributed by atoms with E-state index in [4.69, 9.17) is 5.73 Å². The zero-order chi connectivity index (χ0) is 12.7. The molecule has 96 valence electrons. The molecule has 3 N–H and O–H groups in total. The zero-order valence-corrected chi connectivity index (χ0v) is 10.3. The molecular formula is C13H21FN2O. The van der Waals surface area contributed by atoms with Gasteiger partial charge in [-0.05, 0) is 44.1 Å². The standard InChI is InChI=1S/C13H21FN2O/c1-16(10-13(17)6-8-15)9-7-11-2-4-12(14)5-3-11/h2-5,13,17H,6-10,15H2,1H3. The van der Waals surface area contributed by atoms with Gasteiger partial charge in [0.1, 0.15) is 5.82 Å². The maximum absolute atomic E-state index is 12.7. The first kappa shape index (κ1) is 14.1. The summed E-state index contributed by atoms with van der Waals surface area (Å²) in [7, 11) is 1.96. The number of nitrogens with two attached hydrogens (primary N) is 1. The van der Waals surface area contributed by atoms with Crippen molar-refractivity contribution in [3.8, 4) is 0 Å². The molecule has 3 nitrogen and oxygen atoms in total. The van der Waals surface area contributed by atoms with Gasteiger partial charge < -0.3 is 15.7 Å². The minimum atomic E-state index is -0.363. The maximum Gasteiger partial charge on any atom is 0.123 e. The van der Waals surface area contributed by atoms with Crippen LogP contribution < -0.4 is 5.73 Å². The molecule has 0 radical (unpaired) electrons. The number of aliphatic hydroxyl groups excluding tert-OH is 1. The second-order valence-corrected chi connectivity index (χ2v) is 4.37. The van der Waals surface area contributed by atoms with Gasteiger partial charge >= 0.3 is 0 Å². The molecule has 0 heterocycles. The average molecular weight is 240 g/mol. The molecule has 1 rings (SSSR count). The van der Waals surface area contributed by atoms with Crippen molar-refractivity contribution in [3.05, 3.63) is 35.6 Å². The Morgan fingerprint density at radius 3 is 2.59 bits per heavy atom. The van der Waals surface area contributed by atoms with Crippen LogP contribution in [0.4, 0.5) is 4.39 Å². The molecular weight excluding hydrogens is 219 g/mol. The first-order valence-electron chi connectivity index (χ1n) is 5.93. The lowest BCUT2D eigenvalue weighted by Gasteiger charge is -2.20. The third kappa shape index (κ3) is 5.77. The molecule has 0 fully saturated rings. The van der Waals surface area contributed by atoms with Crippen LogP contribution in [-0.2, 0) is 6.42 Å². The van der Waals surface area contributed by atoms with Gasteiger partial charge in [0.2, 0.25) is 0 Å². The molecule has 0 aromatic heterocycles. The van der Waals surface area contributed by atoms with Gasteiger partial charge in [0, 0.05) is 13.1 Å². The third-order valence-corrected chi connectivity index (χ3v) is 2.72. The van der Waals surface area contributed by atoms with Crippen molar-refractivity contribution >= 4 is 0 Å². The molecule has 4 heteroatoms. The van der Waals surface area contributed by atoms with Crippen molar-refractivity contribution in [2.24, 2.45) is 5.73 Å². The highest BCUT2D eigenvalue weighted by Crippen LogP contribution is 2.04. The highest BCUT2D eigenvalue weighted by atomic mass is 19.1. The first-order chi connectivity index (χ1) is 8.11. The lowest BCUT2D eigenvalue weighted by Crippen LogP contribution is -2.32. The largest absolute Gasteiger partial charge is 0.392 e. The second-order valence-electron chi connectivity index (χ2n) is 4.37. The minimum absolute atomic E-state index is 0.208. The molecule has 1 unspecified atom stereocenters. The molecule has 0 aliphatic rings. The van der Waals surface area contributed by atoms with Crippen LogP contribution in [0.3, 0.4) is 0 Å². The summed E-state index contributed by atoms with van der Waals surface area (Å²) in [6.45, 7) is 1.97. The van der Waals surface area contributed by atoms with Crippen molar-refractivity contribution in [1.82, 2.24) is 4.90 Å². The van der Waals surface area contributed by atoms with Gasteiger partial charge in [-0.25, -0.2) is 4.39 Å². The van der Waals surface area contributed by atoms with Gasteiger partial charge in [0.25, 0.3) is 0 Å². The van der Waals surface area contributed by atoms with E-state index in [1.807, 2.05) is 7.05 Å². The van der Waals surface area contributed by atoms with Crippen molar-refractivity contribution in [1.29, 1.82) is 0 Å². The summed E-state index contributed by atoms with van der Waals surface area (Å²) in [5, 5.41) is 9.58. The van der Waals surface area contributed by atoms with Crippen molar-refractivity contribution in [2.45, 2.75) is 18.9 Å². The van der Waals surface area contributed by atoms with Crippen molar-refractivity contribution < 1.29 is 9.50 Å². The number of halogens is 1. The van der Waals surface area contributed by atoms with Gasteiger partial charge in [-0.3, -0.25) is 0 Å². The van der Waals surface area contributed by atoms with Crippen LogP contribution >= 0.6 is 0 Å². The summed E-state index contributed by atoms with van der Waals surface area (Å²) in [6, 6.07) is 6.52. The predicted molar refractivity (Wildman–Crippen MR) is 67.3 cm³/mol. The average Bonchev–Trinajstić information content (AvgIpc) is 2.28. The van der Waals surface area contributed by atoms with Crippen LogP contribution in [0, 0.1) is 5.82 Å². The zero-order valence-electron chi connectivity index (χ0n) is 10.3. The molecule has 0 saturated carbocycles. The lowest BCUT2D eigenvalue weighted by atomic mass is 10.1. The van der Waals surface area contributed by atoms with Crippen molar-refractivity contribution in [3.63, 3.8) is 0 Å². The van der Waals surface area contributed by atoms with Crippen molar-refractivity contribution in [2.75, 3.05) is 26.7 Å². The van der Waals surface area contributed by atoms with E-state index in [2.05, 4.69) is 4.90 Å². The summed E-state index contributed by atoms with van der Waals surface area (Å²) >= 11 is 0. The molecule has 0 aliphatic heterocycles. The Balaban J connectivity index is 2.27. The number of benzene rings is 1. The molecule has 1 atom stereocenters. The van der Waals surface area contributed by atoms with Gasteiger partial charge in [-0.2, -0.15) is 0 Å². The molecule has 0 saturated heterocycles. The normalized spacial score (nSPS) is 13.0. The highest BCUT2D eigenvalue weighted by Gasteiger charge is 2.07. The van der Waals surface area contributed by atoms with Crippen LogP contribution in [0.2, 0.25) is 0 Å². The Hall–Kier alpha value is -0.970. The third-order valence-electron chi connectivity index (χ3n) is 2.72. The van der Waals surface area contributed by atoms with Crippen LogP contribution in [0.15, 0.2) is 24.3 Å². The molecule has 0 amide bonds. The lowest BCUT2D eigenvalue weighted by molar-refractivity contribution is 0.120. The van der Waals surface area contributed by atoms with Gasteiger partial charge in [0.05, 0.1) is 6.10 Å². The van der Waals surface area contributed by atoms with Gasteiger partial charge in [0.15, 0.2) is 0 Å². The topological polar surface area (TPSA) is 49.5 Å². The van der Waals surface area contributed by atoms with Crippen LogP contribution in [0.25, 0.3) is 0 Å². The summed E-state index contributed by atoms with van der Waals surface area (Å²) in [5.74, 6) is -0.208. The number of likely N-dealkylation sites (N-methyl/N-ethyl adjacent to an activating group) is 1. The SMILES string of the molecule is CN(CCc1ccc(F)cc1)CC(O)CCN. The Morgan fingerprint density at radius 2 is 2.00 bits per heavy atom. The van der Waals surface area contributed by atoms with E-state index in [0.717, 1.165) is 18.5 Å². The summed E-state index contributed by atoms with van der Waals surface area (Å²) in [4.78, 5) is 2.06. The van der Waals surface area contributed by atoms with E-state index < -0.39 is 0 Å². The van der Waals surface area contributed by atoms with E-state index >= 15 is 0 Å². The van der Waals surface area contributed by atoms with Crippen LogP contribution in [0.5, 0.6) is 0 Å². The fourth-order valence-corrected chi connectivity index (χ4v) is 1.71. The Bertz CT molecular complexity index is 316. The molecule has 0 bridgehead atoms. The fourth-order valence-electron chi connectivity index (χ4n) is 1.71. The smallest absolute Gasteiger partial charge is 0.123 e. The van der Waals surface area contributed by atoms with Crippen LogP contribution in [0.1, 0.15) is 12.0 Å². The molecule has 17 heavy (non-hydrogen) atoms. The second kappa shape index (κ2) is 7.37. The number of aliphatic hydroxyl groups is 1. The quantitative estimate of drug-likeness (QED) is 0.748. The number of hydrogen-bond acceptors (Lipinski definition) is 3. The highest BCUT2D eigenvalue weighted by molar-refractivity contribution is 5.16. The first-order valence-corrected chi connectivity index (χ1v) is 5.93. The predicted octanol–water partition coefficient (Wildman–Crippen LogP) is 1.01. The molecule has 1 aromatic carbocycles. The molecule has 0 spiro atoms. The summed E-state index contributed by atoms with van der Waals surface area (Å²) in [5.41, 5.74) is 6.47. The summed E-state index contributed by atoms with van der Waals surface area (Å²) in [6.07, 6.45) is 1.12. The Morgan fingerprint density at radius 1 is 1.35 bits per heavy atom. The maximum atomic E-state index is 12.7. The van der Waals surface area contributed by atoms with Gasteiger partial charge in [-0.1, -0.05) is 12.1 Å². The number of hydrogen-bond donors (Lipinski definition) is 2. The summed E-state index contributed by atoms with van der Waals surface area (Å²) < 4.78 is 12.7. The molecule has 1 aromatic rings. The van der Waals surface area contributed by atoms with Gasteiger partial charge in [-0.15, -0.1) is 0 Å². The van der Waals surface area contributed by atoms with E-state index in [-0.39, 0.29) is 11.9 Å². The number of nitrogens with zero attached hydrogens (tertiary/aromatic N) is 1. The van der Waals surface area contributed by atoms with E-state index in [1.165, 1.54) is 12.1 Å². The number of rotatable bonds is 7. The Labute approximate surface area is 102 Å². The van der Waals surface area contributed by atoms with E-state index in [0.29, 0.717) is 19.5 Å². The Kier molecular flexibility index (Phi) is 6.11. The van der Waals surface area contributed by atoms with E-state index in [9.17, 15) is 9.50 Å². The monoisotopic (exact) mass is 240 g/mol. The van der Waals surface area contributed by atoms with E-state index in [1.54, 1.807) is 12.1 Å². The fraction of sp³-hybridized carbons (Fsp3) is 0.538. The van der Waals surface area contributed by atoms with Crippen LogP contribution in [-0.4, -0.2) is 42.8 Å². The molecule has 0 aliphatic carbocycles.